The summed E-state index contributed by atoms with van der Waals surface area (Å²) in [5, 5.41) is 7.12. The molecule has 3 rings (SSSR count). The fraction of sp³-hybridized carbons (Fsp3) is 0.818. The first-order valence-corrected chi connectivity index (χ1v) is 5.73. The second-order valence-electron chi connectivity index (χ2n) is 5.12. The van der Waals surface area contributed by atoms with E-state index in [-0.39, 0.29) is 5.97 Å². The van der Waals surface area contributed by atoms with Gasteiger partial charge in [-0.3, -0.25) is 4.79 Å². The summed E-state index contributed by atoms with van der Waals surface area (Å²) in [5.41, 5.74) is 6.12. The molecule has 3 aliphatic carbocycles. The lowest BCUT2D eigenvalue weighted by Gasteiger charge is -2.62. The van der Waals surface area contributed by atoms with Crippen LogP contribution >= 0.6 is 0 Å². The Hall–Kier alpha value is -1.31. The monoisotopic (exact) mass is 283 g/mol. The lowest BCUT2D eigenvalue weighted by atomic mass is 9.43. The molecular weight excluding hydrogens is 267 g/mol. The first kappa shape index (κ1) is 15.7. The molecule has 0 radical (unpaired) electrons. The van der Waals surface area contributed by atoms with E-state index in [1.807, 2.05) is 0 Å². The Balaban J connectivity index is 0.000000224. The van der Waals surface area contributed by atoms with Gasteiger partial charge in [-0.05, 0) is 37.0 Å². The molecule has 1 atom stereocenters. The molecule has 0 unspecified atom stereocenters. The molecule has 3 saturated carbocycles. The number of carbonyl (C=O) groups is 2. The standard InChI is InChI=1S/C9H15NO2.C2HF3O2/c1-12-8(11)7(10)5-9-2-6(3-9)4-9;3-2(4,5)1(6)7/h6-7H,2-5,10H2,1H3;(H,6,7)/t6?,7-,9?;/m0./s1. The van der Waals surface area contributed by atoms with Gasteiger partial charge in [-0.15, -0.1) is 0 Å². The van der Waals surface area contributed by atoms with Crippen LogP contribution in [-0.4, -0.2) is 36.4 Å². The van der Waals surface area contributed by atoms with Crippen molar-refractivity contribution >= 4 is 11.9 Å². The minimum atomic E-state index is -5.08. The zero-order valence-electron chi connectivity index (χ0n) is 10.4. The van der Waals surface area contributed by atoms with Gasteiger partial charge in [-0.1, -0.05) is 0 Å². The molecular formula is C11H16F3NO4. The summed E-state index contributed by atoms with van der Waals surface area (Å²) in [6, 6.07) is -0.392. The van der Waals surface area contributed by atoms with Gasteiger partial charge >= 0.3 is 18.1 Å². The Labute approximate surface area is 107 Å². The third kappa shape index (κ3) is 3.82. The Morgan fingerprint density at radius 3 is 2.05 bits per heavy atom. The number of carboxylic acids is 1. The lowest BCUT2D eigenvalue weighted by Crippen LogP contribution is -2.55. The van der Waals surface area contributed by atoms with Crippen molar-refractivity contribution in [1.82, 2.24) is 0 Å². The van der Waals surface area contributed by atoms with Gasteiger partial charge in [0.2, 0.25) is 0 Å². The van der Waals surface area contributed by atoms with Crippen LogP contribution in [0.2, 0.25) is 0 Å². The maximum atomic E-state index is 11.0. The fourth-order valence-corrected chi connectivity index (χ4v) is 2.61. The maximum Gasteiger partial charge on any atom is 0.490 e. The minimum absolute atomic E-state index is 0.264. The molecule has 19 heavy (non-hydrogen) atoms. The first-order valence-electron chi connectivity index (χ1n) is 5.73. The van der Waals surface area contributed by atoms with E-state index in [0.29, 0.717) is 5.41 Å². The highest BCUT2D eigenvalue weighted by Gasteiger charge is 2.56. The van der Waals surface area contributed by atoms with E-state index >= 15 is 0 Å². The fourth-order valence-electron chi connectivity index (χ4n) is 2.61. The highest BCUT2D eigenvalue weighted by atomic mass is 19.4. The summed E-state index contributed by atoms with van der Waals surface area (Å²) in [5.74, 6) is -2.07. The molecule has 0 saturated heterocycles. The Bertz CT molecular complexity index is 352. The predicted molar refractivity (Wildman–Crippen MR) is 58.1 cm³/mol. The molecule has 0 heterocycles. The van der Waals surface area contributed by atoms with Gasteiger partial charge in [0.1, 0.15) is 6.04 Å². The van der Waals surface area contributed by atoms with Crippen molar-refractivity contribution < 1.29 is 32.6 Å². The van der Waals surface area contributed by atoms with Gasteiger partial charge in [0.25, 0.3) is 0 Å². The van der Waals surface area contributed by atoms with Gasteiger partial charge in [-0.2, -0.15) is 13.2 Å². The molecule has 0 aliphatic heterocycles. The zero-order chi connectivity index (χ0) is 14.8. The molecule has 3 aliphatic rings. The van der Waals surface area contributed by atoms with Gasteiger partial charge in [0.05, 0.1) is 7.11 Å². The van der Waals surface area contributed by atoms with E-state index in [1.54, 1.807) is 0 Å². The topological polar surface area (TPSA) is 89.6 Å². The molecule has 0 aromatic heterocycles. The molecule has 110 valence electrons. The number of alkyl halides is 3. The van der Waals surface area contributed by atoms with Crippen molar-refractivity contribution in [3.05, 3.63) is 0 Å². The number of hydrogen-bond donors (Lipinski definition) is 2. The number of carboxylic acid groups (broad SMARTS) is 1. The Morgan fingerprint density at radius 2 is 1.84 bits per heavy atom. The average molecular weight is 283 g/mol. The molecule has 0 amide bonds. The molecule has 3 N–H and O–H groups in total. The molecule has 3 fully saturated rings. The molecule has 5 nitrogen and oxygen atoms in total. The van der Waals surface area contributed by atoms with E-state index in [4.69, 9.17) is 15.6 Å². The summed E-state index contributed by atoms with van der Waals surface area (Å²) in [6.45, 7) is 0. The number of nitrogens with two attached hydrogens (primary N) is 1. The number of ether oxygens (including phenoxy) is 1. The van der Waals surface area contributed by atoms with Crippen LogP contribution in [-0.2, 0) is 14.3 Å². The predicted octanol–water partition coefficient (Wildman–Crippen LogP) is 1.31. The van der Waals surface area contributed by atoms with E-state index in [1.165, 1.54) is 26.4 Å². The second-order valence-corrected chi connectivity index (χ2v) is 5.12. The highest BCUT2D eigenvalue weighted by molar-refractivity contribution is 5.75. The number of carbonyl (C=O) groups excluding carboxylic acids is 1. The Kier molecular flexibility index (Phi) is 4.44. The number of halogens is 3. The van der Waals surface area contributed by atoms with Crippen molar-refractivity contribution in [2.45, 2.75) is 37.9 Å². The highest BCUT2D eigenvalue weighted by Crippen LogP contribution is 2.66. The number of esters is 1. The van der Waals surface area contributed by atoms with Gasteiger partial charge in [0, 0.05) is 0 Å². The third-order valence-corrected chi connectivity index (χ3v) is 3.56. The van der Waals surface area contributed by atoms with E-state index < -0.39 is 18.2 Å². The summed E-state index contributed by atoms with van der Waals surface area (Å²) < 4.78 is 36.3. The van der Waals surface area contributed by atoms with Crippen molar-refractivity contribution in [2.75, 3.05) is 7.11 Å². The summed E-state index contributed by atoms with van der Waals surface area (Å²) in [6.07, 6.45) is -0.386. The zero-order valence-corrected chi connectivity index (χ0v) is 10.4. The van der Waals surface area contributed by atoms with E-state index in [0.717, 1.165) is 12.3 Å². The van der Waals surface area contributed by atoms with Crippen LogP contribution in [0.25, 0.3) is 0 Å². The minimum Gasteiger partial charge on any atom is -0.475 e. The first-order chi connectivity index (χ1) is 8.59. The van der Waals surface area contributed by atoms with Crippen LogP contribution in [0.4, 0.5) is 13.2 Å². The number of aliphatic carboxylic acids is 1. The molecule has 0 aromatic rings. The largest absolute Gasteiger partial charge is 0.490 e. The van der Waals surface area contributed by atoms with Gasteiger partial charge in [-0.25, -0.2) is 4.79 Å². The smallest absolute Gasteiger partial charge is 0.475 e. The van der Waals surface area contributed by atoms with E-state index in [2.05, 4.69) is 4.74 Å². The van der Waals surface area contributed by atoms with Gasteiger partial charge < -0.3 is 15.6 Å². The summed E-state index contributed by atoms with van der Waals surface area (Å²) in [7, 11) is 1.39. The third-order valence-electron chi connectivity index (χ3n) is 3.56. The number of rotatable bonds is 3. The number of hydrogen-bond acceptors (Lipinski definition) is 4. The second kappa shape index (κ2) is 5.36. The van der Waals surface area contributed by atoms with Crippen molar-refractivity contribution in [3.63, 3.8) is 0 Å². The van der Waals surface area contributed by atoms with Crippen LogP contribution in [0.15, 0.2) is 0 Å². The molecule has 0 aromatic carbocycles. The summed E-state index contributed by atoms with van der Waals surface area (Å²) in [4.78, 5) is 19.9. The van der Waals surface area contributed by atoms with Crippen molar-refractivity contribution in [1.29, 1.82) is 0 Å². The SMILES string of the molecule is COC(=O)[C@@H](N)CC12CC(C1)C2.O=C(O)C(F)(F)F. The normalized spacial score (nSPS) is 29.0. The quantitative estimate of drug-likeness (QED) is 0.762. The number of methoxy groups -OCH3 is 1. The average Bonchev–Trinajstić information content (AvgIpc) is 2.19. The summed E-state index contributed by atoms with van der Waals surface area (Å²) >= 11 is 0. The van der Waals surface area contributed by atoms with Crippen molar-refractivity contribution in [3.8, 4) is 0 Å². The van der Waals surface area contributed by atoms with Crippen LogP contribution in [0.1, 0.15) is 25.7 Å². The Morgan fingerprint density at radius 1 is 1.42 bits per heavy atom. The van der Waals surface area contributed by atoms with Crippen LogP contribution in [0.3, 0.4) is 0 Å². The molecule has 0 spiro atoms. The van der Waals surface area contributed by atoms with E-state index in [9.17, 15) is 18.0 Å². The van der Waals surface area contributed by atoms with Crippen LogP contribution < -0.4 is 5.73 Å². The molecule has 2 bridgehead atoms. The molecule has 8 heteroatoms. The van der Waals surface area contributed by atoms with Gasteiger partial charge in [0.15, 0.2) is 0 Å². The maximum absolute atomic E-state index is 11.0. The van der Waals surface area contributed by atoms with Crippen molar-refractivity contribution in [2.24, 2.45) is 17.1 Å². The van der Waals surface area contributed by atoms with Crippen LogP contribution in [0, 0.1) is 11.3 Å². The van der Waals surface area contributed by atoms with Crippen LogP contribution in [0.5, 0.6) is 0 Å². The lowest BCUT2D eigenvalue weighted by molar-refractivity contribution is -0.192.